The molecule has 0 saturated carbocycles. The molecule has 0 atom stereocenters. The van der Waals surface area contributed by atoms with Crippen molar-refractivity contribution in [3.63, 3.8) is 0 Å². The molecule has 0 saturated heterocycles. The summed E-state index contributed by atoms with van der Waals surface area (Å²) < 4.78 is 21.0. The zero-order valence-corrected chi connectivity index (χ0v) is 5.66. The molecule has 0 aliphatic carbocycles. The molecule has 3 nitrogen and oxygen atoms in total. The fraction of sp³-hybridized carbons (Fsp3) is 1.00. The molecule has 0 unspecified atom stereocenters. The second-order valence-electron chi connectivity index (χ2n) is 1.49. The van der Waals surface area contributed by atoms with Gasteiger partial charge in [-0.15, -0.1) is 0 Å². The quantitative estimate of drug-likeness (QED) is 0.535. The Balaban J connectivity index is 3.76. The van der Waals surface area contributed by atoms with E-state index in [4.69, 9.17) is 5.73 Å². The smallest absolute Gasteiger partial charge is 0.151 e. The molecule has 0 spiro atoms. The summed E-state index contributed by atoms with van der Waals surface area (Å²) >= 11 is 0. The number of rotatable bonds is 3. The van der Waals surface area contributed by atoms with Crippen molar-refractivity contribution in [1.82, 2.24) is 5.73 Å². The Morgan fingerprint density at radius 3 is 2.12 bits per heavy atom. The van der Waals surface area contributed by atoms with E-state index in [1.807, 2.05) is 0 Å². The Labute approximate surface area is 49.8 Å². The van der Waals surface area contributed by atoms with Crippen LogP contribution < -0.4 is 5.73 Å². The summed E-state index contributed by atoms with van der Waals surface area (Å²) in [6.45, 7) is 1.57. The van der Waals surface area contributed by atoms with Crippen molar-refractivity contribution in [2.45, 2.75) is 6.92 Å². The molecule has 0 bridgehead atoms. The largest absolute Gasteiger partial charge is 0.257 e. The Kier molecular flexibility index (Phi) is 3.01. The van der Waals surface area contributed by atoms with E-state index in [0.717, 1.165) is 0 Å². The Morgan fingerprint density at radius 1 is 1.50 bits per heavy atom. The standard InChI is InChI=1S/C4H10NO2S/c1-2-8(6,7)4-3-5/h5H,2-4H2,1H3. The molecule has 0 aliphatic heterocycles. The van der Waals surface area contributed by atoms with Gasteiger partial charge < -0.3 is 0 Å². The zero-order valence-electron chi connectivity index (χ0n) is 4.85. The minimum absolute atomic E-state index is 0.00347. The van der Waals surface area contributed by atoms with Gasteiger partial charge in [0.2, 0.25) is 0 Å². The summed E-state index contributed by atoms with van der Waals surface area (Å²) in [4.78, 5) is 0. The molecule has 4 heteroatoms. The van der Waals surface area contributed by atoms with Gasteiger partial charge in [0.25, 0.3) is 0 Å². The molecular weight excluding hydrogens is 126 g/mol. The molecule has 0 heterocycles. The molecule has 49 valence electrons. The topological polar surface area (TPSA) is 57.9 Å². The highest BCUT2D eigenvalue weighted by atomic mass is 32.2. The van der Waals surface area contributed by atoms with Gasteiger partial charge in [0, 0.05) is 12.3 Å². The van der Waals surface area contributed by atoms with Crippen molar-refractivity contribution in [2.75, 3.05) is 18.1 Å². The van der Waals surface area contributed by atoms with Crippen molar-refractivity contribution in [1.29, 1.82) is 0 Å². The average Bonchev–Trinajstić information content (AvgIpc) is 1.67. The van der Waals surface area contributed by atoms with E-state index in [1.165, 1.54) is 0 Å². The number of nitrogens with one attached hydrogen (secondary N) is 1. The third-order valence-electron chi connectivity index (χ3n) is 0.853. The lowest BCUT2D eigenvalue weighted by molar-refractivity contribution is 0.597. The molecule has 1 radical (unpaired) electrons. The number of hydrogen-bond donors (Lipinski definition) is 0. The van der Waals surface area contributed by atoms with E-state index in [-0.39, 0.29) is 18.1 Å². The number of sulfone groups is 1. The maximum absolute atomic E-state index is 10.5. The summed E-state index contributed by atoms with van der Waals surface area (Å²) in [5.41, 5.74) is 6.58. The third kappa shape index (κ3) is 2.98. The van der Waals surface area contributed by atoms with Crippen LogP contribution in [0, 0.1) is 0 Å². The van der Waals surface area contributed by atoms with E-state index < -0.39 is 9.84 Å². The van der Waals surface area contributed by atoms with Gasteiger partial charge in [-0.3, -0.25) is 5.73 Å². The van der Waals surface area contributed by atoms with Crippen LogP contribution in [0.2, 0.25) is 0 Å². The van der Waals surface area contributed by atoms with Crippen molar-refractivity contribution >= 4 is 9.84 Å². The van der Waals surface area contributed by atoms with Crippen molar-refractivity contribution in [2.24, 2.45) is 0 Å². The second kappa shape index (κ2) is 3.04. The van der Waals surface area contributed by atoms with Crippen molar-refractivity contribution in [3.05, 3.63) is 0 Å². The molecular formula is C4H10NO2S. The molecule has 0 aromatic carbocycles. The Morgan fingerprint density at radius 2 is 2.00 bits per heavy atom. The highest BCUT2D eigenvalue weighted by Gasteiger charge is 2.03. The van der Waals surface area contributed by atoms with Gasteiger partial charge in [-0.05, 0) is 0 Å². The van der Waals surface area contributed by atoms with Crippen LogP contribution in [0.5, 0.6) is 0 Å². The van der Waals surface area contributed by atoms with E-state index in [0.29, 0.717) is 0 Å². The molecule has 0 aliphatic rings. The van der Waals surface area contributed by atoms with Crippen LogP contribution in [-0.4, -0.2) is 26.5 Å². The van der Waals surface area contributed by atoms with Gasteiger partial charge in [0.15, 0.2) is 9.84 Å². The van der Waals surface area contributed by atoms with Crippen LogP contribution in [0.15, 0.2) is 0 Å². The minimum Gasteiger partial charge on any atom is -0.257 e. The van der Waals surface area contributed by atoms with Crippen LogP contribution in [0.1, 0.15) is 6.92 Å². The van der Waals surface area contributed by atoms with Crippen LogP contribution in [0.3, 0.4) is 0 Å². The van der Waals surface area contributed by atoms with Gasteiger partial charge >= 0.3 is 0 Å². The van der Waals surface area contributed by atoms with Gasteiger partial charge in [-0.25, -0.2) is 8.42 Å². The van der Waals surface area contributed by atoms with Gasteiger partial charge in [0.05, 0.1) is 5.75 Å². The molecule has 0 aromatic heterocycles. The first-order chi connectivity index (χ1) is 3.62. The lowest BCUT2D eigenvalue weighted by Crippen LogP contribution is -2.12. The van der Waals surface area contributed by atoms with E-state index in [1.54, 1.807) is 6.92 Å². The fourth-order valence-corrected chi connectivity index (χ4v) is 0.900. The van der Waals surface area contributed by atoms with Crippen LogP contribution in [0.4, 0.5) is 0 Å². The van der Waals surface area contributed by atoms with Crippen molar-refractivity contribution < 1.29 is 8.42 Å². The first-order valence-corrected chi connectivity index (χ1v) is 4.29. The molecule has 1 N–H and O–H groups in total. The molecule has 8 heavy (non-hydrogen) atoms. The van der Waals surface area contributed by atoms with Gasteiger partial charge in [-0.1, -0.05) is 6.92 Å². The van der Waals surface area contributed by atoms with E-state index in [2.05, 4.69) is 0 Å². The molecule has 0 amide bonds. The normalized spacial score (nSPS) is 11.8. The van der Waals surface area contributed by atoms with Gasteiger partial charge in [-0.2, -0.15) is 0 Å². The fourth-order valence-electron chi connectivity index (χ4n) is 0.300. The SMILES string of the molecule is CCS(=O)(=O)CC[NH]. The Hall–Kier alpha value is -0.0900. The maximum Gasteiger partial charge on any atom is 0.151 e. The lowest BCUT2D eigenvalue weighted by Gasteiger charge is -1.93. The number of hydrogen-bond acceptors (Lipinski definition) is 2. The van der Waals surface area contributed by atoms with E-state index in [9.17, 15) is 8.42 Å². The lowest BCUT2D eigenvalue weighted by atomic mass is 10.8. The summed E-state index contributed by atoms with van der Waals surface area (Å²) in [6, 6.07) is 0. The van der Waals surface area contributed by atoms with Gasteiger partial charge in [0.1, 0.15) is 0 Å². The predicted molar refractivity (Wildman–Crippen MR) is 32.3 cm³/mol. The predicted octanol–water partition coefficient (Wildman–Crippen LogP) is -0.296. The highest BCUT2D eigenvalue weighted by molar-refractivity contribution is 7.91. The summed E-state index contributed by atoms with van der Waals surface area (Å²) in [6.07, 6.45) is 0. The zero-order chi connectivity index (χ0) is 6.62. The van der Waals surface area contributed by atoms with Crippen LogP contribution in [0.25, 0.3) is 0 Å². The highest BCUT2D eigenvalue weighted by Crippen LogP contribution is 1.85. The maximum atomic E-state index is 10.5. The monoisotopic (exact) mass is 136 g/mol. The summed E-state index contributed by atoms with van der Waals surface area (Å²) in [5.74, 6) is 0.162. The molecule has 0 rings (SSSR count). The summed E-state index contributed by atoms with van der Waals surface area (Å²) in [5, 5.41) is 0. The summed E-state index contributed by atoms with van der Waals surface area (Å²) in [7, 11) is -2.86. The molecule has 0 fully saturated rings. The average molecular weight is 136 g/mol. The third-order valence-corrected chi connectivity index (χ3v) is 2.56. The minimum atomic E-state index is -2.86. The van der Waals surface area contributed by atoms with E-state index >= 15 is 0 Å². The second-order valence-corrected chi connectivity index (χ2v) is 3.96. The Bertz CT molecular complexity index is 138. The van der Waals surface area contributed by atoms with Crippen LogP contribution >= 0.6 is 0 Å². The first-order valence-electron chi connectivity index (χ1n) is 2.47. The van der Waals surface area contributed by atoms with Crippen LogP contribution in [-0.2, 0) is 9.84 Å². The van der Waals surface area contributed by atoms with Crippen molar-refractivity contribution in [3.8, 4) is 0 Å². The first kappa shape index (κ1) is 7.91. The molecule has 0 aromatic rings.